The molecule has 1 atom stereocenters. The molecule has 0 N–H and O–H groups in total. The monoisotopic (exact) mass is 324 g/mol. The quantitative estimate of drug-likeness (QED) is 0.710. The van der Waals surface area contributed by atoms with Gasteiger partial charge in [-0.15, -0.1) is 11.6 Å². The van der Waals surface area contributed by atoms with E-state index in [1.165, 1.54) is 0 Å². The standard InChI is InChI=1S/C17H18Cl2O2/c1-10-5-6-12(18)8-13(10)17(19)14-9-16(21-4)15(20-3)7-11(14)2/h5-9,17H,1-4H3. The van der Waals surface area contributed by atoms with Crippen LogP contribution in [0.5, 0.6) is 11.5 Å². The lowest BCUT2D eigenvalue weighted by atomic mass is 9.96. The van der Waals surface area contributed by atoms with Crippen LogP contribution in [0.4, 0.5) is 0 Å². The molecule has 112 valence electrons. The summed E-state index contributed by atoms with van der Waals surface area (Å²) in [5.41, 5.74) is 4.14. The zero-order valence-electron chi connectivity index (χ0n) is 12.5. The van der Waals surface area contributed by atoms with Crippen molar-refractivity contribution < 1.29 is 9.47 Å². The summed E-state index contributed by atoms with van der Waals surface area (Å²) < 4.78 is 10.7. The normalized spacial score (nSPS) is 12.1. The second kappa shape index (κ2) is 6.59. The Hall–Kier alpha value is -1.38. The number of alkyl halides is 1. The van der Waals surface area contributed by atoms with Crippen molar-refractivity contribution in [3.05, 3.63) is 57.6 Å². The first-order valence-electron chi connectivity index (χ1n) is 6.60. The van der Waals surface area contributed by atoms with Gasteiger partial charge >= 0.3 is 0 Å². The molecule has 2 rings (SSSR count). The van der Waals surface area contributed by atoms with E-state index in [2.05, 4.69) is 0 Å². The molecular formula is C17H18Cl2O2. The summed E-state index contributed by atoms with van der Waals surface area (Å²) in [4.78, 5) is 0. The van der Waals surface area contributed by atoms with Gasteiger partial charge in [0.25, 0.3) is 0 Å². The van der Waals surface area contributed by atoms with Gasteiger partial charge in [-0.25, -0.2) is 0 Å². The second-order valence-corrected chi connectivity index (χ2v) is 5.80. The van der Waals surface area contributed by atoms with E-state index >= 15 is 0 Å². The highest BCUT2D eigenvalue weighted by Gasteiger charge is 2.18. The number of methoxy groups -OCH3 is 2. The Morgan fingerprint density at radius 3 is 2.05 bits per heavy atom. The summed E-state index contributed by atoms with van der Waals surface area (Å²) in [5.74, 6) is 1.37. The molecule has 0 aromatic heterocycles. The molecule has 0 bridgehead atoms. The SMILES string of the molecule is COc1cc(C)c(C(Cl)c2cc(Cl)ccc2C)cc1OC. The number of halogens is 2. The first-order chi connectivity index (χ1) is 9.97. The molecule has 0 radical (unpaired) electrons. The third kappa shape index (κ3) is 3.28. The first kappa shape index (κ1) is 16.0. The zero-order chi connectivity index (χ0) is 15.6. The summed E-state index contributed by atoms with van der Waals surface area (Å²) in [6, 6.07) is 9.61. The second-order valence-electron chi connectivity index (χ2n) is 4.93. The minimum absolute atomic E-state index is 0.288. The smallest absolute Gasteiger partial charge is 0.161 e. The molecule has 0 aliphatic carbocycles. The lowest BCUT2D eigenvalue weighted by Crippen LogP contribution is -2.01. The molecule has 0 fully saturated rings. The summed E-state index contributed by atoms with van der Waals surface area (Å²) in [6.07, 6.45) is 0. The first-order valence-corrected chi connectivity index (χ1v) is 7.42. The fourth-order valence-electron chi connectivity index (χ4n) is 2.32. The van der Waals surface area contributed by atoms with Crippen LogP contribution in [-0.2, 0) is 0 Å². The van der Waals surface area contributed by atoms with Gasteiger partial charge in [-0.3, -0.25) is 0 Å². The third-order valence-electron chi connectivity index (χ3n) is 3.56. The molecule has 0 amide bonds. The molecule has 1 unspecified atom stereocenters. The van der Waals surface area contributed by atoms with Crippen LogP contribution in [0.15, 0.2) is 30.3 Å². The highest BCUT2D eigenvalue weighted by atomic mass is 35.5. The maximum Gasteiger partial charge on any atom is 0.161 e. The van der Waals surface area contributed by atoms with Crippen LogP contribution >= 0.6 is 23.2 Å². The molecule has 0 aliphatic heterocycles. The van der Waals surface area contributed by atoms with Gasteiger partial charge in [-0.1, -0.05) is 17.7 Å². The van der Waals surface area contributed by atoms with Gasteiger partial charge in [-0.05, 0) is 60.4 Å². The van der Waals surface area contributed by atoms with Gasteiger partial charge in [-0.2, -0.15) is 0 Å². The van der Waals surface area contributed by atoms with Crippen molar-refractivity contribution >= 4 is 23.2 Å². The zero-order valence-corrected chi connectivity index (χ0v) is 14.0. The molecule has 4 heteroatoms. The van der Waals surface area contributed by atoms with Crippen molar-refractivity contribution in [1.29, 1.82) is 0 Å². The Morgan fingerprint density at radius 1 is 0.857 bits per heavy atom. The van der Waals surface area contributed by atoms with E-state index in [0.29, 0.717) is 16.5 Å². The van der Waals surface area contributed by atoms with Crippen LogP contribution in [-0.4, -0.2) is 14.2 Å². The summed E-state index contributed by atoms with van der Waals surface area (Å²) in [5, 5.41) is 0.392. The van der Waals surface area contributed by atoms with E-state index in [0.717, 1.165) is 22.3 Å². The van der Waals surface area contributed by atoms with Gasteiger partial charge in [0.15, 0.2) is 11.5 Å². The molecule has 0 aliphatic rings. The average Bonchev–Trinajstić information content (AvgIpc) is 2.48. The predicted molar refractivity (Wildman–Crippen MR) is 88.2 cm³/mol. The van der Waals surface area contributed by atoms with Crippen molar-refractivity contribution in [2.45, 2.75) is 19.2 Å². The van der Waals surface area contributed by atoms with E-state index in [1.54, 1.807) is 14.2 Å². The fourth-order valence-corrected chi connectivity index (χ4v) is 2.97. The Balaban J connectivity index is 2.52. The Labute approximate surface area is 135 Å². The van der Waals surface area contributed by atoms with E-state index in [4.69, 9.17) is 32.7 Å². The topological polar surface area (TPSA) is 18.5 Å². The Kier molecular flexibility index (Phi) is 5.02. The van der Waals surface area contributed by atoms with Crippen molar-refractivity contribution in [3.8, 4) is 11.5 Å². The van der Waals surface area contributed by atoms with Crippen molar-refractivity contribution in [1.82, 2.24) is 0 Å². The molecular weight excluding hydrogens is 307 g/mol. The minimum Gasteiger partial charge on any atom is -0.493 e. The van der Waals surface area contributed by atoms with Crippen LogP contribution in [0.1, 0.15) is 27.6 Å². The number of hydrogen-bond acceptors (Lipinski definition) is 2. The minimum atomic E-state index is -0.288. The predicted octanol–water partition coefficient (Wildman–Crippen LogP) is 5.30. The van der Waals surface area contributed by atoms with E-state index in [9.17, 15) is 0 Å². The highest BCUT2D eigenvalue weighted by Crippen LogP contribution is 2.39. The Morgan fingerprint density at radius 2 is 1.43 bits per heavy atom. The van der Waals surface area contributed by atoms with E-state index in [1.807, 2.05) is 44.2 Å². The molecule has 2 aromatic carbocycles. The third-order valence-corrected chi connectivity index (χ3v) is 4.26. The van der Waals surface area contributed by atoms with Crippen LogP contribution in [0.2, 0.25) is 5.02 Å². The van der Waals surface area contributed by atoms with E-state index in [-0.39, 0.29) is 5.38 Å². The van der Waals surface area contributed by atoms with Crippen molar-refractivity contribution in [3.63, 3.8) is 0 Å². The maximum atomic E-state index is 6.68. The van der Waals surface area contributed by atoms with Crippen LogP contribution < -0.4 is 9.47 Å². The summed E-state index contributed by atoms with van der Waals surface area (Å²) in [7, 11) is 3.24. The van der Waals surface area contributed by atoms with Gasteiger partial charge in [0, 0.05) is 5.02 Å². The lowest BCUT2D eigenvalue weighted by molar-refractivity contribution is 0.354. The van der Waals surface area contributed by atoms with Crippen LogP contribution in [0.3, 0.4) is 0 Å². The van der Waals surface area contributed by atoms with Crippen molar-refractivity contribution in [2.24, 2.45) is 0 Å². The maximum absolute atomic E-state index is 6.68. The molecule has 0 saturated carbocycles. The molecule has 0 heterocycles. The molecule has 2 aromatic rings. The average molecular weight is 325 g/mol. The van der Waals surface area contributed by atoms with Crippen LogP contribution in [0.25, 0.3) is 0 Å². The number of hydrogen-bond donors (Lipinski definition) is 0. The van der Waals surface area contributed by atoms with Gasteiger partial charge in [0.1, 0.15) is 0 Å². The number of ether oxygens (including phenoxy) is 2. The van der Waals surface area contributed by atoms with Gasteiger partial charge in [0.05, 0.1) is 19.6 Å². The van der Waals surface area contributed by atoms with E-state index < -0.39 is 0 Å². The fraction of sp³-hybridized carbons (Fsp3) is 0.294. The highest BCUT2D eigenvalue weighted by molar-refractivity contribution is 6.31. The number of rotatable bonds is 4. The molecule has 2 nitrogen and oxygen atoms in total. The molecule has 0 saturated heterocycles. The molecule has 0 spiro atoms. The number of benzene rings is 2. The van der Waals surface area contributed by atoms with Crippen molar-refractivity contribution in [2.75, 3.05) is 14.2 Å². The summed E-state index contributed by atoms with van der Waals surface area (Å²) in [6.45, 7) is 4.03. The van der Waals surface area contributed by atoms with Crippen LogP contribution in [0, 0.1) is 13.8 Å². The largest absolute Gasteiger partial charge is 0.493 e. The molecule has 21 heavy (non-hydrogen) atoms. The van der Waals surface area contributed by atoms with Gasteiger partial charge < -0.3 is 9.47 Å². The Bertz CT molecular complexity index is 653. The number of aryl methyl sites for hydroxylation is 2. The lowest BCUT2D eigenvalue weighted by Gasteiger charge is -2.18. The van der Waals surface area contributed by atoms with Gasteiger partial charge in [0.2, 0.25) is 0 Å². The summed E-state index contributed by atoms with van der Waals surface area (Å²) >= 11 is 12.8.